The molecule has 0 saturated heterocycles. The highest BCUT2D eigenvalue weighted by Gasteiger charge is 2.19. The smallest absolute Gasteiger partial charge is 0.261 e. The molecule has 1 heterocycles. The fourth-order valence-electron chi connectivity index (χ4n) is 3.08. The number of carbonyl (C=O) groups is 1. The summed E-state index contributed by atoms with van der Waals surface area (Å²) in [4.78, 5) is 28.1. The van der Waals surface area contributed by atoms with Crippen LogP contribution < -0.4 is 10.9 Å². The van der Waals surface area contributed by atoms with Crippen LogP contribution in [0.4, 0.5) is 5.69 Å². The Hall–Kier alpha value is -3.14. The Labute approximate surface area is 152 Å². The summed E-state index contributed by atoms with van der Waals surface area (Å²) in [5.74, 6) is -0.144. The minimum absolute atomic E-state index is 0.122. The summed E-state index contributed by atoms with van der Waals surface area (Å²) in [5.41, 5.74) is 3.96. The largest absolute Gasteiger partial charge is 0.328 e. The molecule has 0 spiro atoms. The van der Waals surface area contributed by atoms with Gasteiger partial charge in [-0.1, -0.05) is 62.4 Å². The predicted octanol–water partition coefficient (Wildman–Crippen LogP) is 4.73. The van der Waals surface area contributed by atoms with E-state index in [9.17, 15) is 9.59 Å². The highest BCUT2D eigenvalue weighted by Crippen LogP contribution is 2.28. The van der Waals surface area contributed by atoms with E-state index in [2.05, 4.69) is 24.1 Å². The molecule has 0 aliphatic heterocycles. The van der Waals surface area contributed by atoms with Gasteiger partial charge in [0.1, 0.15) is 5.56 Å². The molecule has 4 nitrogen and oxygen atoms in total. The zero-order chi connectivity index (χ0) is 18.7. The number of aryl methyl sites for hydroxylation is 1. The number of para-hydroxylation sites is 1. The lowest BCUT2D eigenvalue weighted by molar-refractivity contribution is 0.102. The van der Waals surface area contributed by atoms with Crippen LogP contribution in [0.3, 0.4) is 0 Å². The SMILES string of the molecule is Cc1cccc(C(C)C)c1NC(=O)c1c(-c2ccccc2)cc[nH]c1=O. The number of amides is 1. The molecule has 0 unspecified atom stereocenters. The lowest BCUT2D eigenvalue weighted by atomic mass is 9.97. The summed E-state index contributed by atoms with van der Waals surface area (Å²) in [5, 5.41) is 2.97. The molecule has 2 N–H and O–H groups in total. The minimum atomic E-state index is -0.401. The first kappa shape index (κ1) is 17.7. The second kappa shape index (κ2) is 7.40. The third kappa shape index (κ3) is 3.45. The van der Waals surface area contributed by atoms with Crippen molar-refractivity contribution in [2.45, 2.75) is 26.7 Å². The van der Waals surface area contributed by atoms with Crippen LogP contribution in [-0.4, -0.2) is 10.9 Å². The molecule has 3 aromatic rings. The Morgan fingerprint density at radius 2 is 1.73 bits per heavy atom. The summed E-state index contributed by atoms with van der Waals surface area (Å²) in [6.07, 6.45) is 1.56. The standard InChI is InChI=1S/C22H22N2O2/c1-14(2)17-11-7-8-15(3)20(17)24-22(26)19-18(12-13-23-21(19)25)16-9-5-4-6-10-16/h4-14H,1-3H3,(H,23,25)(H,24,26). The van der Waals surface area contributed by atoms with Gasteiger partial charge < -0.3 is 10.3 Å². The average Bonchev–Trinajstić information content (AvgIpc) is 2.63. The quantitative estimate of drug-likeness (QED) is 0.717. The van der Waals surface area contributed by atoms with Gasteiger partial charge in [0.15, 0.2) is 0 Å². The molecule has 1 amide bonds. The van der Waals surface area contributed by atoms with Crippen LogP contribution >= 0.6 is 0 Å². The molecule has 0 bridgehead atoms. The van der Waals surface area contributed by atoms with Gasteiger partial charge in [-0.15, -0.1) is 0 Å². The number of aromatic nitrogens is 1. The van der Waals surface area contributed by atoms with E-state index in [0.717, 1.165) is 22.4 Å². The minimum Gasteiger partial charge on any atom is -0.328 e. The number of pyridine rings is 1. The lowest BCUT2D eigenvalue weighted by Gasteiger charge is -2.17. The third-order valence-electron chi connectivity index (χ3n) is 4.44. The van der Waals surface area contributed by atoms with Crippen molar-refractivity contribution in [2.75, 3.05) is 5.32 Å². The maximum atomic E-state index is 13.0. The Balaban J connectivity index is 2.07. The third-order valence-corrected chi connectivity index (χ3v) is 4.44. The molecule has 0 aliphatic carbocycles. The Kier molecular flexibility index (Phi) is 5.03. The summed E-state index contributed by atoms with van der Waals surface area (Å²) in [7, 11) is 0. The first-order valence-corrected chi connectivity index (χ1v) is 8.67. The molecule has 0 radical (unpaired) electrons. The summed E-state index contributed by atoms with van der Waals surface area (Å²) in [6, 6.07) is 17.1. The maximum absolute atomic E-state index is 13.0. The highest BCUT2D eigenvalue weighted by atomic mass is 16.2. The van der Waals surface area contributed by atoms with Crippen LogP contribution in [0.2, 0.25) is 0 Å². The van der Waals surface area contributed by atoms with Gasteiger partial charge in [-0.25, -0.2) is 0 Å². The lowest BCUT2D eigenvalue weighted by Crippen LogP contribution is -2.25. The summed E-state index contributed by atoms with van der Waals surface area (Å²) < 4.78 is 0. The van der Waals surface area contributed by atoms with E-state index in [-0.39, 0.29) is 11.5 Å². The number of carbonyl (C=O) groups excluding carboxylic acids is 1. The van der Waals surface area contributed by atoms with Gasteiger partial charge in [0.05, 0.1) is 0 Å². The second-order valence-electron chi connectivity index (χ2n) is 6.61. The van der Waals surface area contributed by atoms with Gasteiger partial charge in [-0.2, -0.15) is 0 Å². The second-order valence-corrected chi connectivity index (χ2v) is 6.61. The number of H-pyrrole nitrogens is 1. The Morgan fingerprint density at radius 3 is 2.42 bits per heavy atom. The number of benzene rings is 2. The zero-order valence-electron chi connectivity index (χ0n) is 15.2. The van der Waals surface area contributed by atoms with Gasteiger partial charge in [-0.3, -0.25) is 9.59 Å². The van der Waals surface area contributed by atoms with Crippen molar-refractivity contribution in [1.82, 2.24) is 4.98 Å². The van der Waals surface area contributed by atoms with Crippen molar-refractivity contribution in [3.63, 3.8) is 0 Å². The molecular formula is C22H22N2O2. The molecule has 4 heteroatoms. The van der Waals surface area contributed by atoms with Crippen LogP contribution in [0.25, 0.3) is 11.1 Å². The molecule has 2 aromatic carbocycles. The van der Waals surface area contributed by atoms with E-state index in [1.54, 1.807) is 12.3 Å². The monoisotopic (exact) mass is 346 g/mol. The molecule has 26 heavy (non-hydrogen) atoms. The molecule has 1 aromatic heterocycles. The maximum Gasteiger partial charge on any atom is 0.261 e. The Bertz CT molecular complexity index is 989. The van der Waals surface area contributed by atoms with Crippen LogP contribution in [0.15, 0.2) is 65.6 Å². The number of hydrogen-bond donors (Lipinski definition) is 2. The molecule has 3 rings (SSSR count). The topological polar surface area (TPSA) is 62.0 Å². The van der Waals surface area contributed by atoms with Crippen molar-refractivity contribution >= 4 is 11.6 Å². The molecule has 0 atom stereocenters. The van der Waals surface area contributed by atoms with Crippen molar-refractivity contribution < 1.29 is 4.79 Å². The predicted molar refractivity (Wildman–Crippen MR) is 106 cm³/mol. The van der Waals surface area contributed by atoms with Crippen LogP contribution in [0.1, 0.15) is 41.3 Å². The molecule has 132 valence electrons. The van der Waals surface area contributed by atoms with Crippen molar-refractivity contribution in [2.24, 2.45) is 0 Å². The van der Waals surface area contributed by atoms with Crippen LogP contribution in [0.5, 0.6) is 0 Å². The van der Waals surface area contributed by atoms with Gasteiger partial charge in [0.25, 0.3) is 11.5 Å². The van der Waals surface area contributed by atoms with Crippen molar-refractivity contribution in [3.8, 4) is 11.1 Å². The average molecular weight is 346 g/mol. The number of aromatic amines is 1. The van der Waals surface area contributed by atoms with E-state index in [0.29, 0.717) is 5.56 Å². The van der Waals surface area contributed by atoms with Crippen LogP contribution in [0, 0.1) is 6.92 Å². The first-order valence-electron chi connectivity index (χ1n) is 8.67. The number of hydrogen-bond acceptors (Lipinski definition) is 2. The number of rotatable bonds is 4. The first-order chi connectivity index (χ1) is 12.5. The van der Waals surface area contributed by atoms with Gasteiger partial charge in [0, 0.05) is 17.4 Å². The van der Waals surface area contributed by atoms with Crippen molar-refractivity contribution in [3.05, 3.63) is 87.8 Å². The van der Waals surface area contributed by atoms with Gasteiger partial charge in [0.2, 0.25) is 0 Å². The van der Waals surface area contributed by atoms with E-state index in [4.69, 9.17) is 0 Å². The normalized spacial score (nSPS) is 10.8. The zero-order valence-corrected chi connectivity index (χ0v) is 15.2. The fraction of sp³-hybridized carbons (Fsp3) is 0.182. The highest BCUT2D eigenvalue weighted by molar-refractivity contribution is 6.09. The van der Waals surface area contributed by atoms with E-state index in [1.807, 2.05) is 55.5 Å². The Morgan fingerprint density at radius 1 is 1.00 bits per heavy atom. The van der Waals surface area contributed by atoms with Crippen LogP contribution in [-0.2, 0) is 0 Å². The van der Waals surface area contributed by atoms with Crippen molar-refractivity contribution in [1.29, 1.82) is 0 Å². The molecule has 0 aliphatic rings. The van der Waals surface area contributed by atoms with E-state index in [1.165, 1.54) is 0 Å². The fourth-order valence-corrected chi connectivity index (χ4v) is 3.08. The van der Waals surface area contributed by atoms with E-state index >= 15 is 0 Å². The molecule has 0 saturated carbocycles. The van der Waals surface area contributed by atoms with Gasteiger partial charge in [-0.05, 0) is 35.6 Å². The number of nitrogens with one attached hydrogen (secondary N) is 2. The summed E-state index contributed by atoms with van der Waals surface area (Å²) in [6.45, 7) is 6.11. The van der Waals surface area contributed by atoms with E-state index < -0.39 is 11.5 Å². The number of anilines is 1. The molecular weight excluding hydrogens is 324 g/mol. The van der Waals surface area contributed by atoms with Gasteiger partial charge >= 0.3 is 0 Å². The summed E-state index contributed by atoms with van der Waals surface area (Å²) >= 11 is 0. The molecule has 0 fully saturated rings.